The zero-order valence-corrected chi connectivity index (χ0v) is 18.0. The molecule has 0 saturated carbocycles. The minimum absolute atomic E-state index is 0.128. The van der Waals surface area contributed by atoms with Crippen LogP contribution >= 0.6 is 23.1 Å². The van der Waals surface area contributed by atoms with Gasteiger partial charge in [0.15, 0.2) is 0 Å². The first kappa shape index (κ1) is 19.7. The van der Waals surface area contributed by atoms with Crippen molar-refractivity contribution >= 4 is 49.5 Å². The van der Waals surface area contributed by atoms with Gasteiger partial charge in [0.25, 0.3) is 0 Å². The molecule has 0 amide bonds. The van der Waals surface area contributed by atoms with E-state index in [9.17, 15) is 8.42 Å². The minimum Gasteiger partial charge on any atom is -0.383 e. The van der Waals surface area contributed by atoms with Crippen LogP contribution in [-0.4, -0.2) is 20.5 Å². The fraction of sp³-hybridized carbons (Fsp3) is 0.0455. The van der Waals surface area contributed by atoms with Crippen molar-refractivity contribution in [2.45, 2.75) is 14.0 Å². The molecule has 29 heavy (non-hydrogen) atoms. The molecule has 0 aliphatic carbocycles. The lowest BCUT2D eigenvalue weighted by molar-refractivity contribution is 0.595. The molecule has 0 fully saturated rings. The van der Waals surface area contributed by atoms with Gasteiger partial charge < -0.3 is 5.73 Å². The van der Waals surface area contributed by atoms with E-state index in [1.54, 1.807) is 18.2 Å². The van der Waals surface area contributed by atoms with E-state index in [1.807, 2.05) is 54.8 Å². The number of nitrogen functional groups attached to an aromatic ring is 1. The van der Waals surface area contributed by atoms with E-state index in [1.165, 1.54) is 29.2 Å². The van der Waals surface area contributed by atoms with Crippen LogP contribution < -0.4 is 5.73 Å². The van der Waals surface area contributed by atoms with Gasteiger partial charge in [-0.1, -0.05) is 54.6 Å². The molecule has 146 valence electrons. The molecule has 3 aromatic carbocycles. The van der Waals surface area contributed by atoms with Crippen LogP contribution in [-0.2, 0) is 9.84 Å². The van der Waals surface area contributed by atoms with Gasteiger partial charge in [0.1, 0.15) is 5.84 Å². The van der Waals surface area contributed by atoms with Gasteiger partial charge in [0.05, 0.1) is 18.9 Å². The highest BCUT2D eigenvalue weighted by Gasteiger charge is 2.25. The molecular weight excluding hydrogens is 420 g/mol. The molecule has 1 heterocycles. The number of rotatable bonds is 5. The average molecular weight is 439 g/mol. The van der Waals surface area contributed by atoms with E-state index in [2.05, 4.69) is 0 Å². The van der Waals surface area contributed by atoms with Crippen LogP contribution in [0.15, 0.2) is 86.8 Å². The molecule has 0 aliphatic rings. The number of fused-ring (bicyclic) bond motifs is 1. The van der Waals surface area contributed by atoms with Gasteiger partial charge in [-0.2, -0.15) is 0 Å². The highest BCUT2D eigenvalue weighted by atomic mass is 32.2. The third-order valence-electron chi connectivity index (χ3n) is 4.65. The van der Waals surface area contributed by atoms with E-state index < -0.39 is 9.84 Å². The van der Waals surface area contributed by atoms with E-state index in [0.29, 0.717) is 9.09 Å². The van der Waals surface area contributed by atoms with Crippen LogP contribution in [0, 0.1) is 5.41 Å². The highest BCUT2D eigenvalue weighted by molar-refractivity contribution is 8.01. The lowest BCUT2D eigenvalue weighted by Gasteiger charge is -2.10. The maximum Gasteiger partial charge on any atom is 0.208 e. The number of amidine groups is 1. The first-order valence-corrected chi connectivity index (χ1v) is 12.3. The fourth-order valence-corrected chi connectivity index (χ4v) is 7.16. The molecule has 0 bridgehead atoms. The van der Waals surface area contributed by atoms with Crippen LogP contribution in [0.3, 0.4) is 0 Å². The number of sulfone groups is 1. The zero-order chi connectivity index (χ0) is 20.6. The summed E-state index contributed by atoms with van der Waals surface area (Å²) in [4.78, 5) is 0.888. The summed E-state index contributed by atoms with van der Waals surface area (Å²) in [5, 5.41) is 9.81. The molecule has 4 rings (SSSR count). The van der Waals surface area contributed by atoms with Crippen molar-refractivity contribution in [3.63, 3.8) is 0 Å². The maximum absolute atomic E-state index is 13.4. The number of nitrogens with two attached hydrogens (primary N) is 1. The number of thioether (sulfide) groups is 1. The summed E-state index contributed by atoms with van der Waals surface area (Å²) in [7, 11) is -3.74. The Morgan fingerprint density at radius 3 is 2.48 bits per heavy atom. The van der Waals surface area contributed by atoms with E-state index in [4.69, 9.17) is 11.1 Å². The second-order valence-electron chi connectivity index (χ2n) is 6.44. The molecule has 1 aromatic heterocycles. The largest absolute Gasteiger partial charge is 0.383 e. The molecule has 7 heteroatoms. The zero-order valence-electron chi connectivity index (χ0n) is 15.5. The molecule has 3 N–H and O–H groups in total. The molecule has 4 nitrogen and oxygen atoms in total. The molecule has 0 spiro atoms. The lowest BCUT2D eigenvalue weighted by atomic mass is 9.98. The van der Waals surface area contributed by atoms with Crippen LogP contribution in [0.5, 0.6) is 0 Å². The van der Waals surface area contributed by atoms with Gasteiger partial charge in [-0.15, -0.1) is 23.1 Å². The SMILES string of the molecule is CSc1sc(C(=N)N)cc1S(=O)(=O)c1cccc(-c2cccc3ccccc23)c1. The summed E-state index contributed by atoms with van der Waals surface area (Å²) in [6, 6.07) is 22.6. The molecule has 4 aromatic rings. The van der Waals surface area contributed by atoms with E-state index >= 15 is 0 Å². The Morgan fingerprint density at radius 1 is 1.00 bits per heavy atom. The van der Waals surface area contributed by atoms with Crippen molar-refractivity contribution in [2.24, 2.45) is 5.73 Å². The smallest absolute Gasteiger partial charge is 0.208 e. The first-order chi connectivity index (χ1) is 13.9. The fourth-order valence-electron chi connectivity index (χ4n) is 3.25. The second kappa shape index (κ2) is 7.67. The number of benzene rings is 3. The molecule has 0 atom stereocenters. The van der Waals surface area contributed by atoms with Crippen molar-refractivity contribution in [3.05, 3.63) is 77.7 Å². The second-order valence-corrected chi connectivity index (χ2v) is 10.5. The van der Waals surface area contributed by atoms with Gasteiger partial charge in [-0.05, 0) is 46.4 Å². The third kappa shape index (κ3) is 3.57. The Balaban J connectivity index is 1.86. The lowest BCUT2D eigenvalue weighted by Crippen LogP contribution is -2.08. The van der Waals surface area contributed by atoms with Crippen LogP contribution in [0.25, 0.3) is 21.9 Å². The summed E-state index contributed by atoms with van der Waals surface area (Å²) >= 11 is 2.57. The number of hydrogen-bond donors (Lipinski definition) is 2. The Morgan fingerprint density at radius 2 is 1.72 bits per heavy atom. The molecule has 0 saturated heterocycles. The molecule has 0 radical (unpaired) electrons. The Bertz CT molecular complexity index is 1340. The van der Waals surface area contributed by atoms with Gasteiger partial charge in [-0.3, -0.25) is 5.41 Å². The topological polar surface area (TPSA) is 84.0 Å². The molecule has 0 aliphatic heterocycles. The number of nitrogens with one attached hydrogen (secondary N) is 1. The predicted octanol–water partition coefficient (Wildman–Crippen LogP) is 5.41. The predicted molar refractivity (Wildman–Crippen MR) is 122 cm³/mol. The van der Waals surface area contributed by atoms with E-state index in [0.717, 1.165) is 21.9 Å². The Kier molecular flexibility index (Phi) is 5.21. The normalized spacial score (nSPS) is 11.6. The average Bonchev–Trinajstić information content (AvgIpc) is 3.19. The van der Waals surface area contributed by atoms with Crippen molar-refractivity contribution in [1.82, 2.24) is 0 Å². The van der Waals surface area contributed by atoms with Crippen molar-refractivity contribution in [1.29, 1.82) is 5.41 Å². The highest BCUT2D eigenvalue weighted by Crippen LogP contribution is 2.38. The van der Waals surface area contributed by atoms with Crippen LogP contribution in [0.4, 0.5) is 0 Å². The Labute approximate surface area is 177 Å². The summed E-state index contributed by atoms with van der Waals surface area (Å²) in [5.41, 5.74) is 7.40. The number of hydrogen-bond acceptors (Lipinski definition) is 5. The van der Waals surface area contributed by atoms with Crippen LogP contribution in [0.1, 0.15) is 4.88 Å². The summed E-state index contributed by atoms with van der Waals surface area (Å²) in [6.07, 6.45) is 1.82. The van der Waals surface area contributed by atoms with Crippen molar-refractivity contribution in [3.8, 4) is 11.1 Å². The maximum atomic E-state index is 13.4. The summed E-state index contributed by atoms with van der Waals surface area (Å²) in [6.45, 7) is 0. The quantitative estimate of drug-likeness (QED) is 0.248. The number of thiophene rings is 1. The molecule has 0 unspecified atom stereocenters. The van der Waals surface area contributed by atoms with Gasteiger partial charge in [-0.25, -0.2) is 8.42 Å². The summed E-state index contributed by atoms with van der Waals surface area (Å²) < 4.78 is 27.4. The van der Waals surface area contributed by atoms with Crippen LogP contribution in [0.2, 0.25) is 0 Å². The minimum atomic E-state index is -3.74. The van der Waals surface area contributed by atoms with Gasteiger partial charge in [0.2, 0.25) is 9.84 Å². The van der Waals surface area contributed by atoms with Gasteiger partial charge >= 0.3 is 0 Å². The standard InChI is InChI=1S/C22H18N2O2S3/c1-27-22-20(13-19(28-22)21(23)24)29(25,26)16-9-4-8-15(12-16)18-11-5-7-14-6-2-3-10-17(14)18/h2-13H,1H3,(H3,23,24). The Hall–Kier alpha value is -2.61. The van der Waals surface area contributed by atoms with E-state index in [-0.39, 0.29) is 15.6 Å². The summed E-state index contributed by atoms with van der Waals surface area (Å²) in [5.74, 6) is -0.128. The van der Waals surface area contributed by atoms with Crippen molar-refractivity contribution < 1.29 is 8.42 Å². The van der Waals surface area contributed by atoms with Crippen molar-refractivity contribution in [2.75, 3.05) is 6.26 Å². The third-order valence-corrected chi connectivity index (χ3v) is 8.99. The monoisotopic (exact) mass is 438 g/mol. The first-order valence-electron chi connectivity index (χ1n) is 8.77. The van der Waals surface area contributed by atoms with Gasteiger partial charge in [0, 0.05) is 0 Å². The molecular formula is C22H18N2O2S3.